The SMILES string of the molecule is CCOC(=O)CCCOn1c(=O)c2cc(F)c(NC3CCCCC3)cc2n(C2CCCC2)c1=O. The Morgan fingerprint density at radius 1 is 1.09 bits per heavy atom. The third kappa shape index (κ3) is 5.28. The van der Waals surface area contributed by atoms with E-state index in [9.17, 15) is 14.4 Å². The maximum Gasteiger partial charge on any atom is 0.365 e. The number of carbonyl (C=O) groups is 1. The van der Waals surface area contributed by atoms with Gasteiger partial charge in [0.15, 0.2) is 0 Å². The molecule has 2 aliphatic rings. The van der Waals surface area contributed by atoms with E-state index in [0.29, 0.717) is 24.2 Å². The zero-order valence-electron chi connectivity index (χ0n) is 19.8. The molecule has 2 aliphatic carbocycles. The van der Waals surface area contributed by atoms with Gasteiger partial charge in [-0.2, -0.15) is 0 Å². The molecular formula is C25H34FN3O5. The quantitative estimate of drug-likeness (QED) is 0.436. The summed E-state index contributed by atoms with van der Waals surface area (Å²) in [4.78, 5) is 43.6. The summed E-state index contributed by atoms with van der Waals surface area (Å²) < 4.78 is 22.3. The van der Waals surface area contributed by atoms with E-state index in [1.54, 1.807) is 17.6 Å². The maximum atomic E-state index is 15.1. The molecule has 0 atom stereocenters. The van der Waals surface area contributed by atoms with Gasteiger partial charge in [-0.05, 0) is 51.2 Å². The van der Waals surface area contributed by atoms with Crippen LogP contribution < -0.4 is 21.4 Å². The summed E-state index contributed by atoms with van der Waals surface area (Å²) in [6, 6.07) is 2.95. The topological polar surface area (TPSA) is 91.6 Å². The van der Waals surface area contributed by atoms with Crippen LogP contribution in [0.4, 0.5) is 10.1 Å². The van der Waals surface area contributed by atoms with E-state index in [1.807, 2.05) is 0 Å². The molecule has 8 nitrogen and oxygen atoms in total. The molecule has 2 saturated carbocycles. The van der Waals surface area contributed by atoms with E-state index < -0.39 is 17.1 Å². The van der Waals surface area contributed by atoms with Crippen molar-refractivity contribution in [1.82, 2.24) is 9.30 Å². The average Bonchev–Trinajstić information content (AvgIpc) is 3.35. The highest BCUT2D eigenvalue weighted by molar-refractivity contribution is 5.82. The molecule has 1 aromatic heterocycles. The first-order chi connectivity index (χ1) is 16.5. The van der Waals surface area contributed by atoms with Gasteiger partial charge in [0, 0.05) is 18.5 Å². The summed E-state index contributed by atoms with van der Waals surface area (Å²) >= 11 is 0. The van der Waals surface area contributed by atoms with E-state index in [0.717, 1.165) is 56.1 Å². The van der Waals surface area contributed by atoms with Gasteiger partial charge < -0.3 is 14.9 Å². The standard InChI is InChI=1S/C25H34FN3O5/c1-2-33-23(30)13-8-14-34-29-24(31)19-15-20(26)21(27-17-9-4-3-5-10-17)16-22(19)28(25(29)32)18-11-6-7-12-18/h15-18,27H,2-14H2,1H3. The molecule has 34 heavy (non-hydrogen) atoms. The van der Waals surface area contributed by atoms with Gasteiger partial charge in [0.05, 0.1) is 23.2 Å². The van der Waals surface area contributed by atoms with Crippen molar-refractivity contribution in [2.45, 2.75) is 89.6 Å². The zero-order chi connectivity index (χ0) is 24.1. The van der Waals surface area contributed by atoms with Gasteiger partial charge in [0.2, 0.25) is 0 Å². The normalized spacial score (nSPS) is 17.2. The number of esters is 1. The van der Waals surface area contributed by atoms with Crippen molar-refractivity contribution < 1.29 is 18.8 Å². The molecule has 9 heteroatoms. The van der Waals surface area contributed by atoms with Crippen LogP contribution in [0.5, 0.6) is 0 Å². The first-order valence-electron chi connectivity index (χ1n) is 12.6. The number of anilines is 1. The zero-order valence-corrected chi connectivity index (χ0v) is 19.8. The lowest BCUT2D eigenvalue weighted by Gasteiger charge is -2.25. The van der Waals surface area contributed by atoms with Crippen molar-refractivity contribution >= 4 is 22.6 Å². The number of hydrogen-bond acceptors (Lipinski definition) is 6. The van der Waals surface area contributed by atoms with Gasteiger partial charge in [-0.15, -0.1) is 0 Å². The molecule has 0 spiro atoms. The number of carbonyl (C=O) groups excluding carboxylic acids is 1. The fourth-order valence-corrected chi connectivity index (χ4v) is 5.14. The number of ether oxygens (including phenoxy) is 1. The molecule has 1 heterocycles. The fourth-order valence-electron chi connectivity index (χ4n) is 5.14. The van der Waals surface area contributed by atoms with Crippen LogP contribution in [-0.2, 0) is 9.53 Å². The van der Waals surface area contributed by atoms with Gasteiger partial charge in [-0.1, -0.05) is 36.8 Å². The molecule has 1 aromatic carbocycles. The number of rotatable bonds is 9. The van der Waals surface area contributed by atoms with E-state index in [4.69, 9.17) is 9.57 Å². The predicted molar refractivity (Wildman–Crippen MR) is 128 cm³/mol. The highest BCUT2D eigenvalue weighted by Gasteiger charge is 2.25. The minimum atomic E-state index is -0.687. The smallest absolute Gasteiger partial charge is 0.365 e. The summed E-state index contributed by atoms with van der Waals surface area (Å²) in [5.41, 5.74) is -0.477. The molecule has 0 radical (unpaired) electrons. The fraction of sp³-hybridized carbons (Fsp3) is 0.640. The third-order valence-corrected chi connectivity index (χ3v) is 6.85. The Labute approximate surface area is 198 Å². The second-order valence-electron chi connectivity index (χ2n) is 9.26. The van der Waals surface area contributed by atoms with Gasteiger partial charge in [0.1, 0.15) is 12.4 Å². The van der Waals surface area contributed by atoms with Gasteiger partial charge in [0.25, 0.3) is 5.56 Å². The molecule has 4 rings (SSSR count). The minimum Gasteiger partial charge on any atom is -0.466 e. The van der Waals surface area contributed by atoms with Gasteiger partial charge in [-0.3, -0.25) is 14.2 Å². The Bertz CT molecular complexity index is 1130. The van der Waals surface area contributed by atoms with Gasteiger partial charge in [-0.25, -0.2) is 9.18 Å². The van der Waals surface area contributed by atoms with E-state index in [2.05, 4.69) is 5.32 Å². The van der Waals surface area contributed by atoms with Crippen LogP contribution in [0.15, 0.2) is 21.7 Å². The maximum absolute atomic E-state index is 15.1. The number of benzene rings is 1. The number of nitrogens with one attached hydrogen (secondary N) is 1. The van der Waals surface area contributed by atoms with Crippen LogP contribution in [0.3, 0.4) is 0 Å². The van der Waals surface area contributed by atoms with Crippen LogP contribution in [-0.4, -0.2) is 34.5 Å². The lowest BCUT2D eigenvalue weighted by Crippen LogP contribution is -2.45. The van der Waals surface area contributed by atoms with E-state index >= 15 is 4.39 Å². The second-order valence-corrected chi connectivity index (χ2v) is 9.26. The minimum absolute atomic E-state index is 0.00602. The number of nitrogens with zero attached hydrogens (tertiary/aromatic N) is 2. The highest BCUT2D eigenvalue weighted by Crippen LogP contribution is 2.32. The molecule has 0 unspecified atom stereocenters. The summed E-state index contributed by atoms with van der Waals surface area (Å²) in [6.45, 7) is 2.01. The van der Waals surface area contributed by atoms with Crippen LogP contribution in [0.1, 0.15) is 83.6 Å². The third-order valence-electron chi connectivity index (χ3n) is 6.85. The molecule has 0 amide bonds. The summed E-state index contributed by atoms with van der Waals surface area (Å²) in [5, 5.41) is 3.42. The Kier molecular flexibility index (Phi) is 7.90. The van der Waals surface area contributed by atoms with Crippen LogP contribution in [0, 0.1) is 5.82 Å². The number of fused-ring (bicyclic) bond motifs is 1. The lowest BCUT2D eigenvalue weighted by molar-refractivity contribution is -0.143. The summed E-state index contributed by atoms with van der Waals surface area (Å²) in [5.74, 6) is -0.874. The van der Waals surface area contributed by atoms with Crippen LogP contribution in [0.25, 0.3) is 10.9 Å². The van der Waals surface area contributed by atoms with Crippen molar-refractivity contribution in [2.24, 2.45) is 0 Å². The molecule has 186 valence electrons. The van der Waals surface area contributed by atoms with Crippen molar-refractivity contribution in [3.05, 3.63) is 38.8 Å². The average molecular weight is 476 g/mol. The Morgan fingerprint density at radius 2 is 1.79 bits per heavy atom. The number of aromatic nitrogens is 2. The largest absolute Gasteiger partial charge is 0.466 e. The molecule has 0 saturated heterocycles. The highest BCUT2D eigenvalue weighted by atomic mass is 19.1. The Morgan fingerprint density at radius 3 is 2.50 bits per heavy atom. The first kappa shape index (κ1) is 24.3. The van der Waals surface area contributed by atoms with Crippen LogP contribution >= 0.6 is 0 Å². The Hall–Kier alpha value is -2.84. The van der Waals surface area contributed by atoms with E-state index in [1.165, 1.54) is 12.5 Å². The second kappa shape index (κ2) is 11.1. The predicted octanol–water partition coefficient (Wildman–Crippen LogP) is 3.93. The van der Waals surface area contributed by atoms with Crippen LogP contribution in [0.2, 0.25) is 0 Å². The van der Waals surface area contributed by atoms with Crippen molar-refractivity contribution in [3.8, 4) is 0 Å². The van der Waals surface area contributed by atoms with E-state index in [-0.39, 0.29) is 36.5 Å². The molecule has 2 fully saturated rings. The Balaban J connectivity index is 1.68. The van der Waals surface area contributed by atoms with Crippen molar-refractivity contribution in [3.63, 3.8) is 0 Å². The van der Waals surface area contributed by atoms with Gasteiger partial charge >= 0.3 is 11.7 Å². The summed E-state index contributed by atoms with van der Waals surface area (Å²) in [7, 11) is 0. The molecular weight excluding hydrogens is 441 g/mol. The van der Waals surface area contributed by atoms with Crippen molar-refractivity contribution in [1.29, 1.82) is 0 Å². The molecule has 0 aliphatic heterocycles. The molecule has 2 aromatic rings. The number of halogens is 1. The summed E-state index contributed by atoms with van der Waals surface area (Å²) in [6.07, 6.45) is 9.41. The molecule has 0 bridgehead atoms. The van der Waals surface area contributed by atoms with Crippen molar-refractivity contribution in [2.75, 3.05) is 18.5 Å². The monoisotopic (exact) mass is 475 g/mol. The lowest BCUT2D eigenvalue weighted by atomic mass is 9.95. The number of hydrogen-bond donors (Lipinski definition) is 1. The molecule has 1 N–H and O–H groups in total. The first-order valence-corrected chi connectivity index (χ1v) is 12.6.